The molecule has 0 aliphatic heterocycles. The van der Waals surface area contributed by atoms with Crippen LogP contribution >= 0.6 is 15.9 Å². The van der Waals surface area contributed by atoms with Crippen LogP contribution in [0, 0.1) is 19.7 Å². The van der Waals surface area contributed by atoms with Crippen molar-refractivity contribution in [3.63, 3.8) is 0 Å². The van der Waals surface area contributed by atoms with Crippen molar-refractivity contribution < 1.29 is 13.7 Å². The van der Waals surface area contributed by atoms with E-state index in [1.165, 1.54) is 12.1 Å². The fourth-order valence-corrected chi connectivity index (χ4v) is 2.70. The number of nitrogens with zero attached hydrogens (tertiary/aromatic N) is 4. The van der Waals surface area contributed by atoms with E-state index in [2.05, 4.69) is 36.5 Å². The van der Waals surface area contributed by atoms with E-state index >= 15 is 0 Å². The molecule has 0 unspecified atom stereocenters. The summed E-state index contributed by atoms with van der Waals surface area (Å²) >= 11 is 3.46. The molecule has 0 radical (unpaired) electrons. The van der Waals surface area contributed by atoms with E-state index in [4.69, 9.17) is 4.52 Å². The van der Waals surface area contributed by atoms with Gasteiger partial charge in [-0.2, -0.15) is 10.1 Å². The lowest BCUT2D eigenvalue weighted by Crippen LogP contribution is -2.26. The summed E-state index contributed by atoms with van der Waals surface area (Å²) < 4.78 is 20.5. The van der Waals surface area contributed by atoms with Crippen molar-refractivity contribution in [2.75, 3.05) is 6.54 Å². The Hall–Kier alpha value is -2.55. The summed E-state index contributed by atoms with van der Waals surface area (Å²) in [6.45, 7) is 4.51. The molecule has 2 aromatic heterocycles. The monoisotopic (exact) mass is 421 g/mol. The van der Waals surface area contributed by atoms with E-state index in [9.17, 15) is 9.18 Å². The second-order valence-corrected chi connectivity index (χ2v) is 6.58. The Balaban J connectivity index is 1.55. The Morgan fingerprint density at radius 2 is 2.04 bits per heavy atom. The number of carbonyl (C=O) groups is 1. The average Bonchev–Trinajstić information content (AvgIpc) is 3.18. The van der Waals surface area contributed by atoms with Crippen molar-refractivity contribution in [2.24, 2.45) is 0 Å². The van der Waals surface area contributed by atoms with Crippen molar-refractivity contribution in [1.29, 1.82) is 0 Å². The third kappa shape index (κ3) is 4.16. The van der Waals surface area contributed by atoms with Gasteiger partial charge in [0.15, 0.2) is 5.82 Å². The summed E-state index contributed by atoms with van der Waals surface area (Å²) in [6, 6.07) is 6.13. The van der Waals surface area contributed by atoms with E-state index in [0.717, 1.165) is 21.4 Å². The molecule has 0 atom stereocenters. The Kier molecular flexibility index (Phi) is 5.46. The maximum atomic E-state index is 12.9. The third-order valence-electron chi connectivity index (χ3n) is 3.86. The summed E-state index contributed by atoms with van der Waals surface area (Å²) in [5, 5.41) is 10.9. The number of halogens is 2. The molecule has 0 saturated heterocycles. The molecular formula is C17H17BrFN5O2. The summed E-state index contributed by atoms with van der Waals surface area (Å²) in [5.74, 6) is -0.460. The highest BCUT2D eigenvalue weighted by molar-refractivity contribution is 9.10. The van der Waals surface area contributed by atoms with Gasteiger partial charge in [-0.15, -0.1) is 0 Å². The predicted molar refractivity (Wildman–Crippen MR) is 95.2 cm³/mol. The van der Waals surface area contributed by atoms with Crippen LogP contribution in [0.2, 0.25) is 0 Å². The summed E-state index contributed by atoms with van der Waals surface area (Å²) in [4.78, 5) is 16.2. The molecule has 1 aromatic carbocycles. The minimum atomic E-state index is -0.444. The van der Waals surface area contributed by atoms with Gasteiger partial charge in [-0.25, -0.2) is 4.39 Å². The van der Waals surface area contributed by atoms with Gasteiger partial charge in [0.25, 0.3) is 0 Å². The quantitative estimate of drug-likeness (QED) is 0.661. The minimum absolute atomic E-state index is 0.0975. The molecule has 3 aromatic rings. The molecule has 9 heteroatoms. The average molecular weight is 422 g/mol. The van der Waals surface area contributed by atoms with Crippen LogP contribution in [0.5, 0.6) is 0 Å². The molecule has 2 heterocycles. The molecule has 136 valence electrons. The van der Waals surface area contributed by atoms with Gasteiger partial charge < -0.3 is 9.84 Å². The van der Waals surface area contributed by atoms with Gasteiger partial charge in [0.1, 0.15) is 12.4 Å². The van der Waals surface area contributed by atoms with E-state index in [0.29, 0.717) is 25.3 Å². The largest absolute Gasteiger partial charge is 0.347 e. The van der Waals surface area contributed by atoms with Gasteiger partial charge in [0.05, 0.1) is 15.9 Å². The normalized spacial score (nSPS) is 10.9. The molecule has 0 aliphatic rings. The molecule has 0 spiro atoms. The smallest absolute Gasteiger partial charge is 0.316 e. The van der Waals surface area contributed by atoms with E-state index in [1.807, 2.05) is 13.8 Å². The van der Waals surface area contributed by atoms with Crippen LogP contribution in [0.25, 0.3) is 0 Å². The zero-order chi connectivity index (χ0) is 18.7. The minimum Gasteiger partial charge on any atom is -0.347 e. The summed E-state index contributed by atoms with van der Waals surface area (Å²) in [7, 11) is 0. The molecule has 0 bridgehead atoms. The number of hydrogen-bond donors (Lipinski definition) is 1. The van der Waals surface area contributed by atoms with Gasteiger partial charge in [0, 0.05) is 6.54 Å². The molecule has 7 nitrogen and oxygen atoms in total. The van der Waals surface area contributed by atoms with Gasteiger partial charge in [-0.05, 0) is 53.9 Å². The highest BCUT2D eigenvalue weighted by Gasteiger charge is 2.17. The zero-order valence-electron chi connectivity index (χ0n) is 14.3. The Labute approximate surface area is 157 Å². The lowest BCUT2D eigenvalue weighted by molar-refractivity contribution is 0.0910. The fourth-order valence-electron chi connectivity index (χ4n) is 2.42. The lowest BCUT2D eigenvalue weighted by atomic mass is 10.1. The molecule has 1 N–H and O–H groups in total. The van der Waals surface area contributed by atoms with Crippen LogP contribution in [0.15, 0.2) is 33.3 Å². The molecular weight excluding hydrogens is 405 g/mol. The molecule has 0 aliphatic carbocycles. The first-order valence-electron chi connectivity index (χ1n) is 7.99. The van der Waals surface area contributed by atoms with Crippen molar-refractivity contribution in [1.82, 2.24) is 25.2 Å². The first kappa shape index (κ1) is 18.2. The number of benzene rings is 1. The summed E-state index contributed by atoms with van der Waals surface area (Å²) in [5.41, 5.74) is 2.73. The first-order valence-corrected chi connectivity index (χ1v) is 8.78. The topological polar surface area (TPSA) is 85.8 Å². The van der Waals surface area contributed by atoms with E-state index in [1.54, 1.807) is 16.8 Å². The summed E-state index contributed by atoms with van der Waals surface area (Å²) in [6.07, 6.45) is 0.576. The highest BCUT2D eigenvalue weighted by atomic mass is 79.9. The molecule has 0 fully saturated rings. The Morgan fingerprint density at radius 3 is 2.69 bits per heavy atom. The maximum absolute atomic E-state index is 12.9. The van der Waals surface area contributed by atoms with E-state index in [-0.39, 0.29) is 11.7 Å². The van der Waals surface area contributed by atoms with Crippen LogP contribution in [0.1, 0.15) is 33.5 Å². The SMILES string of the molecule is Cc1nn(Cc2noc(C(=O)NCCc3ccc(F)cc3)n2)c(C)c1Br. The van der Waals surface area contributed by atoms with Crippen LogP contribution in [0.3, 0.4) is 0 Å². The molecule has 26 heavy (non-hydrogen) atoms. The zero-order valence-corrected chi connectivity index (χ0v) is 15.9. The number of aromatic nitrogens is 4. The van der Waals surface area contributed by atoms with Crippen molar-refractivity contribution >= 4 is 21.8 Å². The van der Waals surface area contributed by atoms with Gasteiger partial charge in [-0.1, -0.05) is 17.3 Å². The first-order chi connectivity index (χ1) is 12.4. The van der Waals surface area contributed by atoms with E-state index < -0.39 is 5.91 Å². The lowest BCUT2D eigenvalue weighted by Gasteiger charge is -2.02. The number of nitrogens with one attached hydrogen (secondary N) is 1. The van der Waals surface area contributed by atoms with Gasteiger partial charge >= 0.3 is 11.8 Å². The number of amides is 1. The highest BCUT2D eigenvalue weighted by Crippen LogP contribution is 2.20. The molecule has 3 rings (SSSR count). The number of hydrogen-bond acceptors (Lipinski definition) is 5. The third-order valence-corrected chi connectivity index (χ3v) is 5.01. The Morgan fingerprint density at radius 1 is 1.31 bits per heavy atom. The standard InChI is InChI=1S/C17H17BrFN5O2/c1-10-15(18)11(2)24(22-10)9-14-21-17(26-23-14)16(25)20-8-7-12-3-5-13(19)6-4-12/h3-6H,7-9H2,1-2H3,(H,20,25). The van der Waals surface area contributed by atoms with Crippen LogP contribution in [0.4, 0.5) is 4.39 Å². The maximum Gasteiger partial charge on any atom is 0.316 e. The number of rotatable bonds is 6. The second kappa shape index (κ2) is 7.77. The molecule has 0 saturated carbocycles. The number of aryl methyl sites for hydroxylation is 1. The Bertz CT molecular complexity index is 920. The van der Waals surface area contributed by atoms with Gasteiger partial charge in [-0.3, -0.25) is 9.48 Å². The predicted octanol–water partition coefficient (Wildman–Crippen LogP) is 2.81. The molecule has 1 amide bonds. The van der Waals surface area contributed by atoms with Gasteiger partial charge in [0.2, 0.25) is 0 Å². The second-order valence-electron chi connectivity index (χ2n) is 5.79. The number of carbonyl (C=O) groups excluding carboxylic acids is 1. The van der Waals surface area contributed by atoms with Crippen LogP contribution in [-0.2, 0) is 13.0 Å². The van der Waals surface area contributed by atoms with Crippen molar-refractivity contribution in [3.05, 3.63) is 63.2 Å². The van der Waals surface area contributed by atoms with Crippen molar-refractivity contribution in [3.8, 4) is 0 Å². The van der Waals surface area contributed by atoms with Crippen molar-refractivity contribution in [2.45, 2.75) is 26.8 Å². The fraction of sp³-hybridized carbons (Fsp3) is 0.294. The van der Waals surface area contributed by atoms with Crippen LogP contribution < -0.4 is 5.32 Å². The van der Waals surface area contributed by atoms with Crippen LogP contribution in [-0.4, -0.2) is 32.4 Å².